The number of allylic oxidation sites excluding steroid dienone is 2. The molecule has 1 fully saturated rings. The molecule has 3 aliphatic rings. The summed E-state index contributed by atoms with van der Waals surface area (Å²) in [5.41, 5.74) is 2.89. The van der Waals surface area contributed by atoms with Crippen LogP contribution in [0.25, 0.3) is 0 Å². The number of Topliss-reactive ketones (excluding diaryl/α,β-unsaturated/α-hetero) is 1. The maximum atomic E-state index is 13.2. The predicted octanol–water partition coefficient (Wildman–Crippen LogP) is 4.45. The van der Waals surface area contributed by atoms with Crippen LogP contribution in [0.4, 0.5) is 0 Å². The van der Waals surface area contributed by atoms with Crippen molar-refractivity contribution in [3.05, 3.63) is 41.1 Å². The number of ketones is 1. The van der Waals surface area contributed by atoms with Crippen LogP contribution in [0.15, 0.2) is 40.5 Å². The number of esters is 1. The summed E-state index contributed by atoms with van der Waals surface area (Å²) in [5.74, 6) is -1.18. The molecule has 1 aromatic rings. The van der Waals surface area contributed by atoms with Gasteiger partial charge in [-0.15, -0.1) is 0 Å². The Hall–Kier alpha value is -2.43. The molecular formula is C23H27NO4. The monoisotopic (exact) mass is 381 g/mol. The van der Waals surface area contributed by atoms with Crippen molar-refractivity contribution >= 4 is 17.5 Å². The Balaban J connectivity index is 1.72. The molecule has 1 N–H and O–H groups in total. The molecule has 0 amide bonds. The van der Waals surface area contributed by atoms with Gasteiger partial charge < -0.3 is 9.84 Å². The maximum Gasteiger partial charge on any atom is 0.315 e. The molecule has 2 atom stereocenters. The number of phenolic OH excluding ortho intramolecular Hbond substituents is 1. The largest absolute Gasteiger partial charge is 0.508 e. The third-order valence-corrected chi connectivity index (χ3v) is 6.15. The third kappa shape index (κ3) is 3.62. The van der Waals surface area contributed by atoms with Crippen LogP contribution in [0.2, 0.25) is 0 Å². The molecule has 4 rings (SSSR count). The highest BCUT2D eigenvalue weighted by atomic mass is 16.5. The SMILES string of the molecule is CC1=NC2=C(C(=O)CCC2)[C@H](c2cccc(O)c2)C1C(=O)OC1CCCCC1. The van der Waals surface area contributed by atoms with Gasteiger partial charge in [-0.05, 0) is 63.1 Å². The molecule has 1 saturated carbocycles. The summed E-state index contributed by atoms with van der Waals surface area (Å²) in [4.78, 5) is 30.7. The van der Waals surface area contributed by atoms with Gasteiger partial charge in [0.25, 0.3) is 0 Å². The fourth-order valence-electron chi connectivity index (χ4n) is 4.81. The average molecular weight is 381 g/mol. The quantitative estimate of drug-likeness (QED) is 0.785. The van der Waals surface area contributed by atoms with E-state index >= 15 is 0 Å². The molecule has 0 saturated heterocycles. The summed E-state index contributed by atoms with van der Waals surface area (Å²) in [5, 5.41) is 10.0. The number of hydrogen-bond acceptors (Lipinski definition) is 5. The van der Waals surface area contributed by atoms with Gasteiger partial charge in [0.15, 0.2) is 5.78 Å². The summed E-state index contributed by atoms with van der Waals surface area (Å²) in [6.45, 7) is 1.85. The number of hydrogen-bond donors (Lipinski definition) is 1. The number of benzene rings is 1. The zero-order valence-electron chi connectivity index (χ0n) is 16.3. The summed E-state index contributed by atoms with van der Waals surface area (Å²) in [7, 11) is 0. The Bertz CT molecular complexity index is 848. The molecule has 2 aliphatic carbocycles. The normalized spacial score (nSPS) is 25.9. The smallest absolute Gasteiger partial charge is 0.315 e. The predicted molar refractivity (Wildman–Crippen MR) is 106 cm³/mol. The number of nitrogens with zero attached hydrogens (tertiary/aromatic N) is 1. The molecule has 1 heterocycles. The van der Waals surface area contributed by atoms with E-state index < -0.39 is 11.8 Å². The third-order valence-electron chi connectivity index (χ3n) is 6.15. The first-order chi connectivity index (χ1) is 13.5. The van der Waals surface area contributed by atoms with Gasteiger partial charge in [-0.2, -0.15) is 0 Å². The second kappa shape index (κ2) is 7.90. The summed E-state index contributed by atoms with van der Waals surface area (Å²) < 4.78 is 5.88. The summed E-state index contributed by atoms with van der Waals surface area (Å²) in [6.07, 6.45) is 7.13. The average Bonchev–Trinajstić information content (AvgIpc) is 2.68. The van der Waals surface area contributed by atoms with Gasteiger partial charge in [0.2, 0.25) is 0 Å². The minimum Gasteiger partial charge on any atom is -0.508 e. The second-order valence-corrected chi connectivity index (χ2v) is 8.14. The lowest BCUT2D eigenvalue weighted by Crippen LogP contribution is -2.38. The van der Waals surface area contributed by atoms with Crippen LogP contribution in [-0.4, -0.2) is 28.7 Å². The topological polar surface area (TPSA) is 76.0 Å². The van der Waals surface area contributed by atoms with Crippen molar-refractivity contribution in [2.45, 2.75) is 70.3 Å². The number of aromatic hydroxyl groups is 1. The van der Waals surface area contributed by atoms with Crippen molar-refractivity contribution < 1.29 is 19.4 Å². The van der Waals surface area contributed by atoms with Crippen LogP contribution in [0.5, 0.6) is 5.75 Å². The molecule has 0 radical (unpaired) electrons. The van der Waals surface area contributed by atoms with Crippen molar-refractivity contribution in [3.63, 3.8) is 0 Å². The van der Waals surface area contributed by atoms with Crippen molar-refractivity contribution in [2.24, 2.45) is 10.9 Å². The van der Waals surface area contributed by atoms with E-state index in [1.54, 1.807) is 18.2 Å². The Labute approximate surface area is 165 Å². The van der Waals surface area contributed by atoms with Crippen LogP contribution in [0, 0.1) is 5.92 Å². The first-order valence-corrected chi connectivity index (χ1v) is 10.4. The van der Waals surface area contributed by atoms with Gasteiger partial charge in [0, 0.05) is 29.3 Å². The van der Waals surface area contributed by atoms with E-state index in [4.69, 9.17) is 4.74 Å². The molecule has 148 valence electrons. The van der Waals surface area contributed by atoms with E-state index in [-0.39, 0.29) is 23.6 Å². The first kappa shape index (κ1) is 18.9. The minimum absolute atomic E-state index is 0.0451. The van der Waals surface area contributed by atoms with Crippen LogP contribution in [0.1, 0.15) is 69.8 Å². The van der Waals surface area contributed by atoms with Gasteiger partial charge in [0.1, 0.15) is 17.8 Å². The van der Waals surface area contributed by atoms with Crippen LogP contribution in [-0.2, 0) is 14.3 Å². The maximum absolute atomic E-state index is 13.2. The zero-order chi connectivity index (χ0) is 19.7. The van der Waals surface area contributed by atoms with Crippen molar-refractivity contribution in [3.8, 4) is 5.75 Å². The fraction of sp³-hybridized carbons (Fsp3) is 0.522. The Kier molecular flexibility index (Phi) is 5.33. The summed E-state index contributed by atoms with van der Waals surface area (Å²) in [6, 6.07) is 6.87. The van der Waals surface area contributed by atoms with Crippen LogP contribution < -0.4 is 0 Å². The van der Waals surface area contributed by atoms with Gasteiger partial charge in [-0.25, -0.2) is 0 Å². The molecule has 1 unspecified atom stereocenters. The lowest BCUT2D eigenvalue weighted by Gasteiger charge is -2.35. The highest BCUT2D eigenvalue weighted by Gasteiger charge is 2.43. The van der Waals surface area contributed by atoms with Gasteiger partial charge >= 0.3 is 5.97 Å². The molecular weight excluding hydrogens is 354 g/mol. The van der Waals surface area contributed by atoms with E-state index in [9.17, 15) is 14.7 Å². The molecule has 28 heavy (non-hydrogen) atoms. The number of aliphatic imine (C=N–C) groups is 1. The Morgan fingerprint density at radius 3 is 2.68 bits per heavy atom. The number of ether oxygens (including phenoxy) is 1. The lowest BCUT2D eigenvalue weighted by molar-refractivity contribution is -0.153. The molecule has 1 aromatic carbocycles. The molecule has 1 aliphatic heterocycles. The lowest BCUT2D eigenvalue weighted by atomic mass is 9.71. The Morgan fingerprint density at radius 1 is 1.14 bits per heavy atom. The number of rotatable bonds is 3. The zero-order valence-corrected chi connectivity index (χ0v) is 16.3. The molecule has 5 heteroatoms. The van der Waals surface area contributed by atoms with Gasteiger partial charge in [-0.3, -0.25) is 14.6 Å². The summed E-state index contributed by atoms with van der Waals surface area (Å²) >= 11 is 0. The second-order valence-electron chi connectivity index (χ2n) is 8.14. The molecule has 0 bridgehead atoms. The standard InChI is InChI=1S/C23H27NO4/c1-14-20(23(27)28-17-9-3-2-4-10-17)21(15-7-5-8-16(25)13-15)22-18(24-14)11-6-12-19(22)26/h5,7-8,13,17,20-21,25H,2-4,6,9-12H2,1H3/t20?,21-/m1/s1. The van der Waals surface area contributed by atoms with Crippen LogP contribution in [0.3, 0.4) is 0 Å². The van der Waals surface area contributed by atoms with E-state index in [1.165, 1.54) is 6.42 Å². The Morgan fingerprint density at radius 2 is 1.93 bits per heavy atom. The fourth-order valence-corrected chi connectivity index (χ4v) is 4.81. The van der Waals surface area contributed by atoms with Crippen LogP contribution >= 0.6 is 0 Å². The van der Waals surface area contributed by atoms with E-state index in [2.05, 4.69) is 4.99 Å². The van der Waals surface area contributed by atoms with E-state index in [0.29, 0.717) is 17.7 Å². The van der Waals surface area contributed by atoms with Gasteiger partial charge in [0.05, 0.1) is 0 Å². The highest BCUT2D eigenvalue weighted by molar-refractivity contribution is 6.08. The number of phenols is 1. The number of carbonyl (C=O) groups is 2. The minimum atomic E-state index is -0.621. The van der Waals surface area contributed by atoms with Crippen molar-refractivity contribution in [1.29, 1.82) is 0 Å². The highest BCUT2D eigenvalue weighted by Crippen LogP contribution is 2.44. The molecule has 0 spiro atoms. The van der Waals surface area contributed by atoms with Crippen molar-refractivity contribution in [1.82, 2.24) is 0 Å². The molecule has 0 aromatic heterocycles. The van der Waals surface area contributed by atoms with Gasteiger partial charge in [-0.1, -0.05) is 18.6 Å². The number of carbonyl (C=O) groups excluding carboxylic acids is 2. The first-order valence-electron chi connectivity index (χ1n) is 10.4. The molecule has 5 nitrogen and oxygen atoms in total. The van der Waals surface area contributed by atoms with E-state index in [1.807, 2.05) is 13.0 Å². The van der Waals surface area contributed by atoms with Crippen molar-refractivity contribution in [2.75, 3.05) is 0 Å². The van der Waals surface area contributed by atoms with E-state index in [0.717, 1.165) is 49.8 Å².